The van der Waals surface area contributed by atoms with Crippen molar-refractivity contribution in [1.82, 2.24) is 14.9 Å². The molecule has 0 saturated heterocycles. The van der Waals surface area contributed by atoms with E-state index in [4.69, 9.17) is 28.6 Å². The maximum Gasteiger partial charge on any atom is 0.216 e. The van der Waals surface area contributed by atoms with Crippen molar-refractivity contribution in [3.63, 3.8) is 0 Å². The van der Waals surface area contributed by atoms with Crippen LogP contribution < -0.4 is 4.74 Å². The van der Waals surface area contributed by atoms with E-state index in [1.54, 1.807) is 25.3 Å². The standard InChI is InChI=1S/C16H12ClFN4OS/c1-23-11-7-5-10(6-8-11)15-20-21-16(24)22(15)19-9-12-13(17)3-2-4-14(12)18/h2-9H,1H3,(H,21,24). The minimum Gasteiger partial charge on any atom is -0.497 e. The number of nitrogens with zero attached hydrogens (tertiary/aromatic N) is 3. The van der Waals surface area contributed by atoms with Gasteiger partial charge in [-0.1, -0.05) is 17.7 Å². The Hall–Kier alpha value is -2.51. The fourth-order valence-electron chi connectivity index (χ4n) is 2.08. The summed E-state index contributed by atoms with van der Waals surface area (Å²) in [7, 11) is 1.59. The molecule has 0 bridgehead atoms. The first kappa shape index (κ1) is 16.4. The summed E-state index contributed by atoms with van der Waals surface area (Å²) in [6, 6.07) is 11.7. The van der Waals surface area contributed by atoms with Gasteiger partial charge in [0.05, 0.1) is 18.3 Å². The minimum absolute atomic E-state index is 0.183. The second kappa shape index (κ2) is 6.94. The highest BCUT2D eigenvalue weighted by molar-refractivity contribution is 7.71. The number of ether oxygens (including phenoxy) is 1. The van der Waals surface area contributed by atoms with Crippen LogP contribution >= 0.6 is 23.8 Å². The molecule has 0 spiro atoms. The van der Waals surface area contributed by atoms with Crippen LogP contribution in [0.5, 0.6) is 5.75 Å². The van der Waals surface area contributed by atoms with Crippen LogP contribution in [0.15, 0.2) is 47.6 Å². The van der Waals surface area contributed by atoms with Crippen LogP contribution in [-0.2, 0) is 0 Å². The molecule has 122 valence electrons. The Balaban J connectivity index is 2.01. The predicted molar refractivity (Wildman–Crippen MR) is 93.8 cm³/mol. The summed E-state index contributed by atoms with van der Waals surface area (Å²) in [6.07, 6.45) is 1.32. The number of halogens is 2. The first-order valence-corrected chi connectivity index (χ1v) is 7.69. The molecule has 5 nitrogen and oxygen atoms in total. The largest absolute Gasteiger partial charge is 0.497 e. The van der Waals surface area contributed by atoms with Crippen molar-refractivity contribution < 1.29 is 9.13 Å². The van der Waals surface area contributed by atoms with Gasteiger partial charge in [0, 0.05) is 11.1 Å². The highest BCUT2D eigenvalue weighted by Gasteiger charge is 2.09. The van der Waals surface area contributed by atoms with E-state index < -0.39 is 5.82 Å². The zero-order chi connectivity index (χ0) is 17.1. The Bertz CT molecular complexity index is 929. The zero-order valence-electron chi connectivity index (χ0n) is 12.5. The normalized spacial score (nSPS) is 11.1. The smallest absolute Gasteiger partial charge is 0.216 e. The number of hydrogen-bond acceptors (Lipinski definition) is 4. The van der Waals surface area contributed by atoms with Crippen molar-refractivity contribution in [2.24, 2.45) is 5.10 Å². The lowest BCUT2D eigenvalue weighted by Crippen LogP contribution is -1.97. The summed E-state index contributed by atoms with van der Waals surface area (Å²) >= 11 is 11.2. The van der Waals surface area contributed by atoms with Crippen molar-refractivity contribution in [3.8, 4) is 17.1 Å². The lowest BCUT2D eigenvalue weighted by molar-refractivity contribution is 0.415. The summed E-state index contributed by atoms with van der Waals surface area (Å²) in [5.74, 6) is 0.750. The van der Waals surface area contributed by atoms with E-state index in [0.717, 1.165) is 11.3 Å². The van der Waals surface area contributed by atoms with Crippen LogP contribution in [0.4, 0.5) is 4.39 Å². The van der Waals surface area contributed by atoms with Gasteiger partial charge in [0.1, 0.15) is 11.6 Å². The first-order chi connectivity index (χ1) is 11.6. The Morgan fingerprint density at radius 2 is 2.04 bits per heavy atom. The second-order valence-electron chi connectivity index (χ2n) is 4.77. The van der Waals surface area contributed by atoms with E-state index in [-0.39, 0.29) is 15.4 Å². The topological polar surface area (TPSA) is 55.2 Å². The van der Waals surface area contributed by atoms with Crippen LogP contribution in [0, 0.1) is 10.6 Å². The number of benzene rings is 2. The molecule has 1 heterocycles. The van der Waals surface area contributed by atoms with Gasteiger partial charge < -0.3 is 4.74 Å². The molecule has 0 amide bonds. The third kappa shape index (κ3) is 3.22. The molecule has 0 aliphatic rings. The van der Waals surface area contributed by atoms with Crippen molar-refractivity contribution in [1.29, 1.82) is 0 Å². The third-order valence-electron chi connectivity index (χ3n) is 3.30. The molecule has 1 aromatic heterocycles. The molecule has 0 aliphatic carbocycles. The Morgan fingerprint density at radius 3 is 2.71 bits per heavy atom. The number of hydrogen-bond donors (Lipinski definition) is 1. The molecular weight excluding hydrogens is 351 g/mol. The number of H-pyrrole nitrogens is 1. The molecule has 0 aliphatic heterocycles. The summed E-state index contributed by atoms with van der Waals surface area (Å²) in [5, 5.41) is 11.3. The maximum atomic E-state index is 13.8. The molecule has 2 aromatic carbocycles. The highest BCUT2D eigenvalue weighted by Crippen LogP contribution is 2.21. The number of aromatic nitrogens is 3. The molecule has 0 fully saturated rings. The monoisotopic (exact) mass is 362 g/mol. The van der Waals surface area contributed by atoms with Gasteiger partial charge in [0.25, 0.3) is 0 Å². The lowest BCUT2D eigenvalue weighted by Gasteiger charge is -2.03. The van der Waals surface area contributed by atoms with Crippen molar-refractivity contribution >= 4 is 30.0 Å². The molecule has 0 saturated carbocycles. The molecule has 3 rings (SSSR count). The average Bonchev–Trinajstić information content (AvgIpc) is 2.95. The average molecular weight is 363 g/mol. The van der Waals surface area contributed by atoms with Gasteiger partial charge in [-0.2, -0.15) is 14.9 Å². The minimum atomic E-state index is -0.465. The highest BCUT2D eigenvalue weighted by atomic mass is 35.5. The number of rotatable bonds is 4. The molecule has 8 heteroatoms. The number of nitrogens with one attached hydrogen (secondary N) is 1. The van der Waals surface area contributed by atoms with E-state index in [9.17, 15) is 4.39 Å². The van der Waals surface area contributed by atoms with Crippen molar-refractivity contribution in [3.05, 3.63) is 63.6 Å². The summed E-state index contributed by atoms with van der Waals surface area (Å²) in [6.45, 7) is 0. The molecule has 0 atom stereocenters. The fourth-order valence-corrected chi connectivity index (χ4v) is 2.47. The van der Waals surface area contributed by atoms with Gasteiger partial charge in [-0.3, -0.25) is 0 Å². The SMILES string of the molecule is COc1ccc(-c2n[nH]c(=S)n2N=Cc2c(F)cccc2Cl)cc1. The lowest BCUT2D eigenvalue weighted by atomic mass is 10.2. The van der Waals surface area contributed by atoms with Gasteiger partial charge >= 0.3 is 0 Å². The molecule has 24 heavy (non-hydrogen) atoms. The van der Waals surface area contributed by atoms with Gasteiger partial charge in [-0.05, 0) is 48.6 Å². The zero-order valence-corrected chi connectivity index (χ0v) is 14.1. The van der Waals surface area contributed by atoms with Crippen molar-refractivity contribution in [2.45, 2.75) is 0 Å². The van der Waals surface area contributed by atoms with Crippen LogP contribution in [0.3, 0.4) is 0 Å². The van der Waals surface area contributed by atoms with Gasteiger partial charge in [-0.25, -0.2) is 9.49 Å². The van der Waals surface area contributed by atoms with E-state index >= 15 is 0 Å². The van der Waals surface area contributed by atoms with Crippen LogP contribution in [0.25, 0.3) is 11.4 Å². The van der Waals surface area contributed by atoms with Gasteiger partial charge in [0.2, 0.25) is 4.77 Å². The fraction of sp³-hybridized carbons (Fsp3) is 0.0625. The van der Waals surface area contributed by atoms with Crippen molar-refractivity contribution in [2.75, 3.05) is 7.11 Å². The Morgan fingerprint density at radius 1 is 1.29 bits per heavy atom. The summed E-state index contributed by atoms with van der Waals surface area (Å²) in [5.41, 5.74) is 0.961. The third-order valence-corrected chi connectivity index (χ3v) is 3.89. The maximum absolute atomic E-state index is 13.8. The van der Waals surface area contributed by atoms with Crippen LogP contribution in [0.2, 0.25) is 5.02 Å². The summed E-state index contributed by atoms with van der Waals surface area (Å²) in [4.78, 5) is 0. The van der Waals surface area contributed by atoms with Gasteiger partial charge in [-0.15, -0.1) is 0 Å². The molecular formula is C16H12ClFN4OS. The Kier molecular flexibility index (Phi) is 4.73. The molecule has 1 N–H and O–H groups in total. The van der Waals surface area contributed by atoms with Crippen LogP contribution in [0.1, 0.15) is 5.56 Å². The number of aromatic amines is 1. The molecule has 3 aromatic rings. The van der Waals surface area contributed by atoms with E-state index in [0.29, 0.717) is 5.82 Å². The van der Waals surface area contributed by atoms with Crippen LogP contribution in [-0.4, -0.2) is 28.2 Å². The quantitative estimate of drug-likeness (QED) is 0.556. The summed E-state index contributed by atoms with van der Waals surface area (Å²) < 4.78 is 20.7. The van der Waals surface area contributed by atoms with E-state index in [2.05, 4.69) is 15.3 Å². The second-order valence-corrected chi connectivity index (χ2v) is 5.57. The van der Waals surface area contributed by atoms with E-state index in [1.807, 2.05) is 12.1 Å². The van der Waals surface area contributed by atoms with E-state index in [1.165, 1.54) is 23.0 Å². The predicted octanol–water partition coefficient (Wildman–Crippen LogP) is 4.29. The molecule has 0 unspecified atom stereocenters. The molecule has 0 radical (unpaired) electrons. The van der Waals surface area contributed by atoms with Gasteiger partial charge in [0.15, 0.2) is 5.82 Å². The number of methoxy groups -OCH3 is 1. The first-order valence-electron chi connectivity index (χ1n) is 6.90. The Labute approximate surface area is 147 Å².